The van der Waals surface area contributed by atoms with Crippen LogP contribution >= 0.6 is 0 Å². The number of hydrogen-bond donors (Lipinski definition) is 0. The molecule has 0 aliphatic carbocycles. The average Bonchev–Trinajstić information content (AvgIpc) is 3.82. The van der Waals surface area contributed by atoms with Crippen molar-refractivity contribution < 1.29 is 0 Å². The maximum Gasteiger partial charge on any atom is 0.160 e. The summed E-state index contributed by atoms with van der Waals surface area (Å²) in [6.07, 6.45) is 0. The zero-order valence-electron chi connectivity index (χ0n) is 31.4. The number of para-hydroxylation sites is 2. The molecule has 0 aliphatic rings. The average molecular weight is 739 g/mol. The molecule has 0 bridgehead atoms. The van der Waals surface area contributed by atoms with Crippen LogP contribution in [0, 0.1) is 0 Å². The lowest BCUT2D eigenvalue weighted by Gasteiger charge is -2.12. The third kappa shape index (κ3) is 4.95. The first-order valence-electron chi connectivity index (χ1n) is 19.8. The van der Waals surface area contributed by atoms with Crippen LogP contribution in [0.4, 0.5) is 0 Å². The van der Waals surface area contributed by atoms with Crippen LogP contribution in [0.3, 0.4) is 0 Å². The Bertz CT molecular complexity index is 3560. The van der Waals surface area contributed by atoms with Gasteiger partial charge in [0.25, 0.3) is 0 Å². The fourth-order valence-corrected chi connectivity index (χ4v) is 9.15. The van der Waals surface area contributed by atoms with E-state index in [4.69, 9.17) is 9.97 Å². The summed E-state index contributed by atoms with van der Waals surface area (Å²) in [4.78, 5) is 10.3. The third-order valence-corrected chi connectivity index (χ3v) is 11.7. The monoisotopic (exact) mass is 738 g/mol. The minimum Gasteiger partial charge on any atom is -0.309 e. The van der Waals surface area contributed by atoms with Gasteiger partial charge in [0.05, 0.1) is 33.3 Å². The Balaban J connectivity index is 1.13. The molecule has 0 atom stereocenters. The second-order valence-electron chi connectivity index (χ2n) is 15.0. The predicted molar refractivity (Wildman–Crippen MR) is 242 cm³/mol. The first-order valence-corrected chi connectivity index (χ1v) is 19.8. The van der Waals surface area contributed by atoms with E-state index in [9.17, 15) is 0 Å². The van der Waals surface area contributed by atoms with E-state index < -0.39 is 0 Å². The Kier molecular flexibility index (Phi) is 7.20. The number of aromatic nitrogens is 4. The van der Waals surface area contributed by atoms with Crippen molar-refractivity contribution in [1.29, 1.82) is 0 Å². The van der Waals surface area contributed by atoms with Crippen molar-refractivity contribution in [3.8, 4) is 45.1 Å². The van der Waals surface area contributed by atoms with Crippen LogP contribution < -0.4 is 0 Å². The molecule has 4 heteroatoms. The topological polar surface area (TPSA) is 35.6 Å². The van der Waals surface area contributed by atoms with Gasteiger partial charge in [0.1, 0.15) is 0 Å². The van der Waals surface area contributed by atoms with Crippen molar-refractivity contribution in [1.82, 2.24) is 19.1 Å². The molecule has 0 saturated heterocycles. The quantitative estimate of drug-likeness (QED) is 0.176. The van der Waals surface area contributed by atoms with E-state index in [0.29, 0.717) is 5.82 Å². The molecule has 0 N–H and O–H groups in total. The van der Waals surface area contributed by atoms with Crippen molar-refractivity contribution in [2.45, 2.75) is 0 Å². The van der Waals surface area contributed by atoms with Crippen molar-refractivity contribution in [2.75, 3.05) is 0 Å². The van der Waals surface area contributed by atoms with E-state index in [1.54, 1.807) is 0 Å². The molecular formula is C54H34N4. The van der Waals surface area contributed by atoms with Crippen molar-refractivity contribution >= 4 is 65.3 Å². The van der Waals surface area contributed by atoms with Gasteiger partial charge < -0.3 is 9.13 Å². The summed E-state index contributed by atoms with van der Waals surface area (Å²) in [7, 11) is 0. The summed E-state index contributed by atoms with van der Waals surface area (Å²) in [5, 5.41) is 8.49. The minimum absolute atomic E-state index is 0.704. The number of hydrogen-bond acceptors (Lipinski definition) is 2. The molecule has 4 nitrogen and oxygen atoms in total. The largest absolute Gasteiger partial charge is 0.309 e. The highest BCUT2D eigenvalue weighted by Crippen LogP contribution is 2.45. The van der Waals surface area contributed by atoms with E-state index >= 15 is 0 Å². The van der Waals surface area contributed by atoms with Crippen LogP contribution in [0.5, 0.6) is 0 Å². The molecule has 58 heavy (non-hydrogen) atoms. The number of nitrogens with zero attached hydrogens (tertiary/aromatic N) is 4. The summed E-state index contributed by atoms with van der Waals surface area (Å²) in [6.45, 7) is 0. The standard InChI is InChI=1S/C54H34N4/c1-3-15-35(16-4-1)38-20-13-22-40(33-38)58-47-30-29-36-17-7-8-24-42(36)50(47)52-49(58)32-31-48-51(52)44-26-10-12-28-46(44)57(48)41-23-14-21-39(34-41)54-55-45-27-11-9-25-43(45)53(56-54)37-18-5-2-6-19-37/h1-34H. The second-order valence-corrected chi connectivity index (χ2v) is 15.0. The molecule has 0 spiro atoms. The van der Waals surface area contributed by atoms with E-state index in [0.717, 1.165) is 50.1 Å². The van der Waals surface area contributed by atoms with Gasteiger partial charge in [0.15, 0.2) is 5.82 Å². The Labute approximate surface area is 334 Å². The van der Waals surface area contributed by atoms with Gasteiger partial charge >= 0.3 is 0 Å². The van der Waals surface area contributed by atoms with Gasteiger partial charge in [-0.1, -0.05) is 152 Å². The highest BCUT2D eigenvalue weighted by atomic mass is 15.0. The molecule has 0 unspecified atom stereocenters. The van der Waals surface area contributed by atoms with Crippen LogP contribution in [0.15, 0.2) is 206 Å². The Hall–Kier alpha value is -7.82. The van der Waals surface area contributed by atoms with Crippen LogP contribution in [0.1, 0.15) is 0 Å². The molecular weight excluding hydrogens is 705 g/mol. The molecule has 0 aliphatic heterocycles. The van der Waals surface area contributed by atoms with Crippen molar-refractivity contribution in [2.24, 2.45) is 0 Å². The summed E-state index contributed by atoms with van der Waals surface area (Å²) in [5.74, 6) is 0.704. The normalized spacial score (nSPS) is 11.8. The van der Waals surface area contributed by atoms with E-state index in [1.165, 1.54) is 54.5 Å². The van der Waals surface area contributed by atoms with Crippen molar-refractivity contribution in [3.63, 3.8) is 0 Å². The summed E-state index contributed by atoms with van der Waals surface area (Å²) >= 11 is 0. The van der Waals surface area contributed by atoms with Gasteiger partial charge in [-0.25, -0.2) is 9.97 Å². The smallest absolute Gasteiger partial charge is 0.160 e. The van der Waals surface area contributed by atoms with Gasteiger partial charge in [-0.2, -0.15) is 0 Å². The van der Waals surface area contributed by atoms with E-state index in [2.05, 4.69) is 203 Å². The second kappa shape index (κ2) is 12.9. The van der Waals surface area contributed by atoms with Gasteiger partial charge in [-0.15, -0.1) is 0 Å². The van der Waals surface area contributed by atoms with E-state index in [1.807, 2.05) is 12.1 Å². The van der Waals surface area contributed by atoms with Gasteiger partial charge in [0.2, 0.25) is 0 Å². The van der Waals surface area contributed by atoms with E-state index in [-0.39, 0.29) is 0 Å². The molecule has 0 fully saturated rings. The zero-order valence-corrected chi connectivity index (χ0v) is 31.4. The molecule has 9 aromatic carbocycles. The summed E-state index contributed by atoms with van der Waals surface area (Å²) < 4.78 is 4.87. The van der Waals surface area contributed by atoms with Crippen LogP contribution in [-0.2, 0) is 0 Å². The third-order valence-electron chi connectivity index (χ3n) is 11.7. The summed E-state index contributed by atoms with van der Waals surface area (Å²) in [6, 6.07) is 73.8. The Morgan fingerprint density at radius 3 is 1.62 bits per heavy atom. The number of fused-ring (bicyclic) bond motifs is 10. The molecule has 0 amide bonds. The van der Waals surface area contributed by atoms with Crippen LogP contribution in [0.2, 0.25) is 0 Å². The van der Waals surface area contributed by atoms with Crippen LogP contribution in [-0.4, -0.2) is 19.1 Å². The lowest BCUT2D eigenvalue weighted by atomic mass is 10.0. The SMILES string of the molecule is c1ccc(-c2cccc(-n3c4ccc5ccccc5c4c4c5c6ccccc6n(-c6cccc(-c7nc(-c8ccccc8)c8ccccc8n7)c6)c5ccc43)c2)cc1. The molecule has 3 heterocycles. The van der Waals surface area contributed by atoms with Gasteiger partial charge in [-0.05, 0) is 76.5 Å². The number of rotatable bonds is 5. The fraction of sp³-hybridized carbons (Fsp3) is 0. The maximum atomic E-state index is 5.23. The molecule has 12 rings (SSSR count). The lowest BCUT2D eigenvalue weighted by Crippen LogP contribution is -1.98. The molecule has 270 valence electrons. The lowest BCUT2D eigenvalue weighted by molar-refractivity contribution is 1.17. The first-order chi connectivity index (χ1) is 28.8. The molecule has 12 aromatic rings. The molecule has 3 aromatic heterocycles. The van der Waals surface area contributed by atoms with Crippen LogP contribution in [0.25, 0.3) is 110 Å². The molecule has 0 radical (unpaired) electrons. The highest BCUT2D eigenvalue weighted by Gasteiger charge is 2.22. The summed E-state index contributed by atoms with van der Waals surface area (Å²) in [5.41, 5.74) is 13.2. The fourth-order valence-electron chi connectivity index (χ4n) is 9.15. The Morgan fingerprint density at radius 2 is 0.845 bits per heavy atom. The minimum atomic E-state index is 0.704. The zero-order chi connectivity index (χ0) is 38.2. The van der Waals surface area contributed by atoms with Crippen molar-refractivity contribution in [3.05, 3.63) is 206 Å². The molecule has 0 saturated carbocycles. The number of benzene rings is 9. The van der Waals surface area contributed by atoms with Gasteiger partial charge in [-0.3, -0.25) is 0 Å². The highest BCUT2D eigenvalue weighted by molar-refractivity contribution is 6.33. The first kappa shape index (κ1) is 32.4. The maximum absolute atomic E-state index is 5.23. The van der Waals surface area contributed by atoms with Gasteiger partial charge in [0, 0.05) is 49.4 Å². The predicted octanol–water partition coefficient (Wildman–Crippen LogP) is 14.0. The Morgan fingerprint density at radius 1 is 0.310 bits per heavy atom.